The second kappa shape index (κ2) is 8.55. The van der Waals surface area contributed by atoms with Crippen LogP contribution in [0.5, 0.6) is 5.88 Å². The minimum atomic E-state index is -2.28. The largest absolute Gasteiger partial charge is 0.509 e. The summed E-state index contributed by atoms with van der Waals surface area (Å²) in [4.78, 5) is 24.4. The number of ether oxygens (including phenoxy) is 4. The highest BCUT2D eigenvalue weighted by atomic mass is 19.1. The SMILES string of the molecule is COc1nc(N)nc2c1ncn2[C@@H]1O[C@H](CO)[C@@H](OC(=O)OCc2ccccc2)[C@@]1(C)F. The predicted octanol–water partition coefficient (Wildman–Crippen LogP) is 1.76. The summed E-state index contributed by atoms with van der Waals surface area (Å²) in [7, 11) is 1.39. The number of nitrogen functional groups attached to an aromatic ring is 1. The number of carbonyl (C=O) groups excluding carboxylic acids is 1. The van der Waals surface area contributed by atoms with Crippen molar-refractivity contribution >= 4 is 23.3 Å². The molecule has 1 fully saturated rings. The molecule has 2 aromatic heterocycles. The van der Waals surface area contributed by atoms with Crippen molar-refractivity contribution in [3.05, 3.63) is 42.2 Å². The molecule has 0 radical (unpaired) electrons. The van der Waals surface area contributed by atoms with Gasteiger partial charge in [0.2, 0.25) is 11.8 Å². The maximum atomic E-state index is 16.0. The van der Waals surface area contributed by atoms with Crippen molar-refractivity contribution in [2.24, 2.45) is 0 Å². The molecule has 32 heavy (non-hydrogen) atoms. The lowest BCUT2D eigenvalue weighted by atomic mass is 9.98. The zero-order valence-corrected chi connectivity index (χ0v) is 17.3. The molecule has 0 unspecified atom stereocenters. The van der Waals surface area contributed by atoms with Gasteiger partial charge in [0.15, 0.2) is 29.2 Å². The van der Waals surface area contributed by atoms with Gasteiger partial charge in [0, 0.05) is 0 Å². The van der Waals surface area contributed by atoms with E-state index in [-0.39, 0.29) is 29.6 Å². The molecule has 1 saturated heterocycles. The van der Waals surface area contributed by atoms with E-state index in [1.54, 1.807) is 24.3 Å². The number of aromatic nitrogens is 4. The molecule has 4 atom stereocenters. The quantitative estimate of drug-likeness (QED) is 0.536. The molecule has 0 aliphatic carbocycles. The molecule has 3 aromatic rings. The number of nitrogens with zero attached hydrogens (tertiary/aromatic N) is 4. The second-order valence-corrected chi connectivity index (χ2v) is 7.34. The highest BCUT2D eigenvalue weighted by Gasteiger charge is 2.58. The number of imidazole rings is 1. The van der Waals surface area contributed by atoms with Gasteiger partial charge in [-0.05, 0) is 12.5 Å². The van der Waals surface area contributed by atoms with Gasteiger partial charge >= 0.3 is 6.16 Å². The Morgan fingerprint density at radius 3 is 2.78 bits per heavy atom. The lowest BCUT2D eigenvalue weighted by molar-refractivity contribution is -0.0575. The van der Waals surface area contributed by atoms with Crippen LogP contribution in [0, 0.1) is 0 Å². The molecule has 1 aromatic carbocycles. The van der Waals surface area contributed by atoms with Crippen LogP contribution in [0.15, 0.2) is 36.7 Å². The van der Waals surface area contributed by atoms with Gasteiger partial charge in [-0.3, -0.25) is 4.57 Å². The molecule has 4 rings (SSSR count). The first kappa shape index (κ1) is 21.7. The molecular formula is C20H22FN5O6. The third-order valence-electron chi connectivity index (χ3n) is 5.14. The number of hydrogen-bond donors (Lipinski definition) is 2. The van der Waals surface area contributed by atoms with E-state index in [2.05, 4.69) is 15.0 Å². The Morgan fingerprint density at radius 2 is 2.09 bits per heavy atom. The number of hydrogen-bond acceptors (Lipinski definition) is 10. The fourth-order valence-electron chi connectivity index (χ4n) is 3.62. The maximum Gasteiger partial charge on any atom is 0.509 e. The van der Waals surface area contributed by atoms with Crippen molar-refractivity contribution in [3.8, 4) is 5.88 Å². The van der Waals surface area contributed by atoms with Crippen LogP contribution in [0.25, 0.3) is 11.2 Å². The van der Waals surface area contributed by atoms with Crippen LogP contribution in [-0.4, -0.2) is 62.4 Å². The van der Waals surface area contributed by atoms with Crippen molar-refractivity contribution in [1.29, 1.82) is 0 Å². The van der Waals surface area contributed by atoms with Crippen molar-refractivity contribution < 1.29 is 33.2 Å². The molecular weight excluding hydrogens is 425 g/mol. The number of alkyl halides is 1. The van der Waals surface area contributed by atoms with Crippen molar-refractivity contribution in [1.82, 2.24) is 19.5 Å². The van der Waals surface area contributed by atoms with Gasteiger partial charge in [-0.25, -0.2) is 14.2 Å². The Labute approximate surface area is 181 Å². The maximum absolute atomic E-state index is 16.0. The zero-order valence-electron chi connectivity index (χ0n) is 17.3. The van der Waals surface area contributed by atoms with E-state index in [4.69, 9.17) is 24.7 Å². The zero-order chi connectivity index (χ0) is 22.9. The summed E-state index contributed by atoms with van der Waals surface area (Å²) in [5.74, 6) is 0.00598. The van der Waals surface area contributed by atoms with Crippen LogP contribution in [0.4, 0.5) is 15.1 Å². The summed E-state index contributed by atoms with van der Waals surface area (Å²) < 4.78 is 38.4. The van der Waals surface area contributed by atoms with Crippen LogP contribution in [0.3, 0.4) is 0 Å². The van der Waals surface area contributed by atoms with Crippen molar-refractivity contribution in [3.63, 3.8) is 0 Å². The molecule has 3 N–H and O–H groups in total. The fraction of sp³-hybridized carbons (Fsp3) is 0.400. The van der Waals surface area contributed by atoms with Crippen LogP contribution in [0.1, 0.15) is 18.7 Å². The number of benzene rings is 1. The molecule has 1 aliphatic heterocycles. The molecule has 0 bridgehead atoms. The molecule has 1 aliphatic rings. The van der Waals surface area contributed by atoms with Crippen LogP contribution in [0.2, 0.25) is 0 Å². The van der Waals surface area contributed by atoms with Gasteiger partial charge < -0.3 is 29.8 Å². The van der Waals surface area contributed by atoms with Crippen LogP contribution < -0.4 is 10.5 Å². The van der Waals surface area contributed by atoms with Crippen LogP contribution >= 0.6 is 0 Å². The van der Waals surface area contributed by atoms with Crippen molar-refractivity contribution in [2.45, 2.75) is 37.6 Å². The summed E-state index contributed by atoms with van der Waals surface area (Å²) in [5.41, 5.74) is 4.58. The van der Waals surface area contributed by atoms with E-state index in [1.165, 1.54) is 24.9 Å². The number of fused-ring (bicyclic) bond motifs is 1. The van der Waals surface area contributed by atoms with E-state index in [9.17, 15) is 9.90 Å². The number of aliphatic hydroxyl groups is 1. The van der Waals surface area contributed by atoms with E-state index in [0.717, 1.165) is 5.56 Å². The fourth-order valence-corrected chi connectivity index (χ4v) is 3.62. The van der Waals surface area contributed by atoms with Gasteiger partial charge in [-0.1, -0.05) is 30.3 Å². The monoisotopic (exact) mass is 447 g/mol. The Balaban J connectivity index is 1.57. The lowest BCUT2D eigenvalue weighted by Gasteiger charge is -2.27. The number of halogens is 1. The number of rotatable bonds is 6. The second-order valence-electron chi connectivity index (χ2n) is 7.34. The Morgan fingerprint density at radius 1 is 1.34 bits per heavy atom. The normalized spacial score (nSPS) is 25.1. The Kier molecular flexibility index (Phi) is 5.80. The summed E-state index contributed by atoms with van der Waals surface area (Å²) in [6, 6.07) is 8.95. The van der Waals surface area contributed by atoms with Gasteiger partial charge in [-0.2, -0.15) is 9.97 Å². The van der Waals surface area contributed by atoms with Crippen LogP contribution in [-0.2, 0) is 20.8 Å². The van der Waals surface area contributed by atoms with E-state index < -0.39 is 36.9 Å². The standard InChI is InChI=1S/C20H22FN5O6/c1-20(21)14(32-19(28)30-9-11-6-4-3-5-7-11)12(8-27)31-17(20)26-10-23-13-15(26)24-18(22)25-16(13)29-2/h3-7,10,12,14,17,27H,8-9H2,1-2H3,(H2,22,24,25)/t12-,14-,17-,20-/m1/s1. The van der Waals surface area contributed by atoms with Gasteiger partial charge in [0.1, 0.15) is 12.7 Å². The smallest absolute Gasteiger partial charge is 0.479 e. The molecule has 0 saturated carbocycles. The third kappa shape index (κ3) is 3.89. The first-order valence-electron chi connectivity index (χ1n) is 9.71. The van der Waals surface area contributed by atoms with Gasteiger partial charge in [0.25, 0.3) is 0 Å². The summed E-state index contributed by atoms with van der Waals surface area (Å²) in [6.07, 6.45) is -3.75. The summed E-state index contributed by atoms with van der Waals surface area (Å²) >= 11 is 0. The van der Waals surface area contributed by atoms with Crippen molar-refractivity contribution in [2.75, 3.05) is 19.5 Å². The minimum Gasteiger partial charge on any atom is -0.479 e. The number of anilines is 1. The highest BCUT2D eigenvalue weighted by molar-refractivity contribution is 5.77. The first-order chi connectivity index (χ1) is 15.3. The van der Waals surface area contributed by atoms with E-state index >= 15 is 4.39 Å². The average Bonchev–Trinajstić information content (AvgIpc) is 3.30. The molecule has 170 valence electrons. The molecule has 12 heteroatoms. The topological polar surface area (TPSA) is 144 Å². The number of methoxy groups -OCH3 is 1. The Bertz CT molecular complexity index is 1110. The number of carbonyl (C=O) groups is 1. The molecule has 11 nitrogen and oxygen atoms in total. The lowest BCUT2D eigenvalue weighted by Crippen LogP contribution is -2.44. The summed E-state index contributed by atoms with van der Waals surface area (Å²) in [5, 5.41) is 9.73. The number of aliphatic hydroxyl groups excluding tert-OH is 1. The number of nitrogens with two attached hydrogens (primary N) is 1. The van der Waals surface area contributed by atoms with Gasteiger partial charge in [-0.15, -0.1) is 0 Å². The summed E-state index contributed by atoms with van der Waals surface area (Å²) in [6.45, 7) is 0.543. The van der Waals surface area contributed by atoms with E-state index in [1.807, 2.05) is 6.07 Å². The Hall–Kier alpha value is -3.51. The molecule has 0 spiro atoms. The van der Waals surface area contributed by atoms with E-state index in [0.29, 0.717) is 0 Å². The minimum absolute atomic E-state index is 0.0500. The average molecular weight is 447 g/mol. The molecule has 0 amide bonds. The third-order valence-corrected chi connectivity index (χ3v) is 5.14. The van der Waals surface area contributed by atoms with Gasteiger partial charge in [0.05, 0.1) is 20.0 Å². The first-order valence-corrected chi connectivity index (χ1v) is 9.71. The highest BCUT2D eigenvalue weighted by Crippen LogP contribution is 2.44. The molecule has 3 heterocycles. The predicted molar refractivity (Wildman–Crippen MR) is 108 cm³/mol.